The third kappa shape index (κ3) is 2.76. The predicted octanol–water partition coefficient (Wildman–Crippen LogP) is 1.30. The summed E-state index contributed by atoms with van der Waals surface area (Å²) in [5.41, 5.74) is 6.40. The van der Waals surface area contributed by atoms with Crippen LogP contribution in [0.4, 0.5) is 11.4 Å². The van der Waals surface area contributed by atoms with Gasteiger partial charge < -0.3 is 11.1 Å². The Hall–Kier alpha value is -1.27. The van der Waals surface area contributed by atoms with Gasteiger partial charge in [0.25, 0.3) is 0 Å². The van der Waals surface area contributed by atoms with Crippen molar-refractivity contribution in [2.45, 2.75) is 6.42 Å². The van der Waals surface area contributed by atoms with Gasteiger partial charge in [-0.2, -0.15) is 0 Å². The Balaban J connectivity index is 2.13. The van der Waals surface area contributed by atoms with E-state index < -0.39 is 15.8 Å². The smallest absolute Gasteiger partial charge is 0.228 e. The van der Waals surface area contributed by atoms with E-state index in [-0.39, 0.29) is 17.4 Å². The number of benzene rings is 1. The summed E-state index contributed by atoms with van der Waals surface area (Å²) in [4.78, 5) is 11.9. The number of amides is 1. The van der Waals surface area contributed by atoms with Crippen molar-refractivity contribution in [3.05, 3.63) is 23.2 Å². The van der Waals surface area contributed by atoms with E-state index in [9.17, 15) is 13.2 Å². The maximum absolute atomic E-state index is 11.9. The Morgan fingerprint density at radius 3 is 2.72 bits per heavy atom. The largest absolute Gasteiger partial charge is 0.397 e. The van der Waals surface area contributed by atoms with Crippen LogP contribution < -0.4 is 11.1 Å². The molecule has 1 amide bonds. The van der Waals surface area contributed by atoms with Crippen molar-refractivity contribution in [3.63, 3.8) is 0 Å². The normalized spacial score (nSPS) is 21.7. The third-order valence-corrected chi connectivity index (χ3v) is 4.98. The molecular formula is C11H13ClN2O3S. The van der Waals surface area contributed by atoms with Gasteiger partial charge in [-0.25, -0.2) is 8.42 Å². The fourth-order valence-corrected chi connectivity index (χ4v) is 3.87. The van der Waals surface area contributed by atoms with E-state index in [1.54, 1.807) is 18.2 Å². The molecule has 1 aliphatic rings. The molecule has 2 rings (SSSR count). The van der Waals surface area contributed by atoms with Crippen molar-refractivity contribution in [1.82, 2.24) is 0 Å². The first kappa shape index (κ1) is 13.2. The number of nitrogens with one attached hydrogen (secondary N) is 1. The number of sulfone groups is 1. The number of nitrogens with two attached hydrogens (primary N) is 1. The van der Waals surface area contributed by atoms with Crippen LogP contribution >= 0.6 is 11.6 Å². The van der Waals surface area contributed by atoms with Crippen LogP contribution in [-0.4, -0.2) is 25.8 Å². The molecule has 1 unspecified atom stereocenters. The Morgan fingerprint density at radius 2 is 2.17 bits per heavy atom. The molecule has 1 fully saturated rings. The van der Waals surface area contributed by atoms with Crippen molar-refractivity contribution < 1.29 is 13.2 Å². The maximum atomic E-state index is 11.9. The Kier molecular flexibility index (Phi) is 3.49. The Bertz CT molecular complexity index is 566. The minimum atomic E-state index is -3.08. The number of carbonyl (C=O) groups is 1. The second kappa shape index (κ2) is 4.78. The molecule has 3 N–H and O–H groups in total. The molecule has 0 aromatic heterocycles. The zero-order chi connectivity index (χ0) is 13.3. The van der Waals surface area contributed by atoms with Gasteiger partial charge in [0.1, 0.15) is 0 Å². The fraction of sp³-hybridized carbons (Fsp3) is 0.364. The number of carbonyl (C=O) groups excluding carboxylic acids is 1. The monoisotopic (exact) mass is 288 g/mol. The highest BCUT2D eigenvalue weighted by molar-refractivity contribution is 7.91. The zero-order valence-corrected chi connectivity index (χ0v) is 11.1. The molecule has 0 radical (unpaired) electrons. The predicted molar refractivity (Wildman–Crippen MR) is 71.3 cm³/mol. The van der Waals surface area contributed by atoms with Crippen molar-refractivity contribution in [2.75, 3.05) is 22.6 Å². The number of halogens is 1. The van der Waals surface area contributed by atoms with Crippen LogP contribution in [0.2, 0.25) is 5.02 Å². The van der Waals surface area contributed by atoms with Gasteiger partial charge in [-0.05, 0) is 18.6 Å². The standard InChI is InChI=1S/C11H13ClN2O3S/c12-8-2-1-3-9(13)10(8)14-11(15)7-4-5-18(16,17)6-7/h1-3,7H,4-6,13H2,(H,14,15). The summed E-state index contributed by atoms with van der Waals surface area (Å²) in [7, 11) is -3.08. The van der Waals surface area contributed by atoms with Crippen LogP contribution in [0.5, 0.6) is 0 Å². The fourth-order valence-electron chi connectivity index (χ4n) is 1.90. The number of nitrogen functional groups attached to an aromatic ring is 1. The first-order valence-corrected chi connectivity index (χ1v) is 7.64. The number of rotatable bonds is 2. The average molecular weight is 289 g/mol. The van der Waals surface area contributed by atoms with Crippen molar-refractivity contribution in [2.24, 2.45) is 5.92 Å². The van der Waals surface area contributed by atoms with Gasteiger partial charge in [-0.3, -0.25) is 4.79 Å². The van der Waals surface area contributed by atoms with Crippen LogP contribution in [0, 0.1) is 5.92 Å². The van der Waals surface area contributed by atoms with Gasteiger partial charge in [0.15, 0.2) is 9.84 Å². The SMILES string of the molecule is Nc1cccc(Cl)c1NC(=O)C1CCS(=O)(=O)C1. The molecule has 98 valence electrons. The van der Waals surface area contributed by atoms with E-state index in [1.807, 2.05) is 0 Å². The van der Waals surface area contributed by atoms with E-state index in [2.05, 4.69) is 5.32 Å². The molecule has 18 heavy (non-hydrogen) atoms. The lowest BCUT2D eigenvalue weighted by Gasteiger charge is -2.12. The quantitative estimate of drug-likeness (QED) is 0.803. The molecule has 7 heteroatoms. The van der Waals surface area contributed by atoms with Gasteiger partial charge >= 0.3 is 0 Å². The summed E-state index contributed by atoms with van der Waals surface area (Å²) < 4.78 is 22.6. The molecule has 0 saturated carbocycles. The van der Waals surface area contributed by atoms with Crippen molar-refractivity contribution >= 4 is 38.7 Å². The summed E-state index contributed by atoms with van der Waals surface area (Å²) in [5, 5.41) is 2.94. The van der Waals surface area contributed by atoms with Crippen LogP contribution in [-0.2, 0) is 14.6 Å². The van der Waals surface area contributed by atoms with Crippen molar-refractivity contribution in [1.29, 1.82) is 0 Å². The molecule has 0 bridgehead atoms. The molecule has 1 saturated heterocycles. The number of anilines is 2. The minimum absolute atomic E-state index is 0.0586. The van der Waals surface area contributed by atoms with E-state index in [0.29, 0.717) is 22.8 Å². The lowest BCUT2D eigenvalue weighted by molar-refractivity contribution is -0.119. The van der Waals surface area contributed by atoms with Gasteiger partial charge in [-0.1, -0.05) is 17.7 Å². The molecular weight excluding hydrogens is 276 g/mol. The molecule has 0 spiro atoms. The first-order chi connectivity index (χ1) is 8.39. The van der Waals surface area contributed by atoms with Crippen LogP contribution in [0.15, 0.2) is 18.2 Å². The molecule has 5 nitrogen and oxygen atoms in total. The molecule has 1 heterocycles. The summed E-state index contributed by atoms with van der Waals surface area (Å²) >= 11 is 5.92. The highest BCUT2D eigenvalue weighted by atomic mass is 35.5. The summed E-state index contributed by atoms with van der Waals surface area (Å²) in [6.07, 6.45) is 0.346. The maximum Gasteiger partial charge on any atom is 0.228 e. The topological polar surface area (TPSA) is 89.3 Å². The van der Waals surface area contributed by atoms with Crippen LogP contribution in [0.25, 0.3) is 0 Å². The van der Waals surface area contributed by atoms with Gasteiger partial charge in [0.05, 0.1) is 33.8 Å². The third-order valence-electron chi connectivity index (χ3n) is 2.90. The average Bonchev–Trinajstić information content (AvgIpc) is 2.64. The van der Waals surface area contributed by atoms with Gasteiger partial charge in [0, 0.05) is 0 Å². The van der Waals surface area contributed by atoms with Crippen molar-refractivity contribution in [3.8, 4) is 0 Å². The molecule has 0 aliphatic carbocycles. The second-order valence-electron chi connectivity index (χ2n) is 4.29. The molecule has 1 aliphatic heterocycles. The second-order valence-corrected chi connectivity index (χ2v) is 6.93. The van der Waals surface area contributed by atoms with E-state index in [1.165, 1.54) is 0 Å². The summed E-state index contributed by atoms with van der Waals surface area (Å²) in [5.74, 6) is -0.923. The van der Waals surface area contributed by atoms with Crippen LogP contribution in [0.1, 0.15) is 6.42 Å². The lowest BCUT2D eigenvalue weighted by Crippen LogP contribution is -2.24. The highest BCUT2D eigenvalue weighted by Crippen LogP contribution is 2.29. The Labute approximate surface area is 110 Å². The first-order valence-electron chi connectivity index (χ1n) is 5.44. The molecule has 1 aromatic carbocycles. The zero-order valence-electron chi connectivity index (χ0n) is 9.52. The highest BCUT2D eigenvalue weighted by Gasteiger charge is 2.33. The summed E-state index contributed by atoms with van der Waals surface area (Å²) in [6, 6.07) is 4.90. The van der Waals surface area contributed by atoms with E-state index in [4.69, 9.17) is 17.3 Å². The van der Waals surface area contributed by atoms with Gasteiger partial charge in [0.2, 0.25) is 5.91 Å². The van der Waals surface area contributed by atoms with Gasteiger partial charge in [-0.15, -0.1) is 0 Å². The van der Waals surface area contributed by atoms with E-state index >= 15 is 0 Å². The minimum Gasteiger partial charge on any atom is -0.397 e. The molecule has 1 aromatic rings. The number of hydrogen-bond acceptors (Lipinski definition) is 4. The number of para-hydroxylation sites is 1. The molecule has 1 atom stereocenters. The number of hydrogen-bond donors (Lipinski definition) is 2. The lowest BCUT2D eigenvalue weighted by atomic mass is 10.1. The van der Waals surface area contributed by atoms with Crippen LogP contribution in [0.3, 0.4) is 0 Å². The summed E-state index contributed by atoms with van der Waals surface area (Å²) in [6.45, 7) is 0. The van der Waals surface area contributed by atoms with E-state index in [0.717, 1.165) is 0 Å². The Morgan fingerprint density at radius 1 is 1.44 bits per heavy atom.